The van der Waals surface area contributed by atoms with Crippen LogP contribution in [0, 0.1) is 11.8 Å². The molecular formula is C20H38N2O4. The average molecular weight is 371 g/mol. The van der Waals surface area contributed by atoms with Gasteiger partial charge in [-0.2, -0.15) is 0 Å². The summed E-state index contributed by atoms with van der Waals surface area (Å²) < 4.78 is 0. The first kappa shape index (κ1) is 24.3. The van der Waals surface area contributed by atoms with Crippen molar-refractivity contribution >= 4 is 12.2 Å². The lowest BCUT2D eigenvalue weighted by Gasteiger charge is -2.24. The Balaban J connectivity index is 4.97. The Hall–Kier alpha value is -1.72. The predicted molar refractivity (Wildman–Crippen MR) is 105 cm³/mol. The summed E-state index contributed by atoms with van der Waals surface area (Å²) in [5.74, 6) is 0.587. The molecule has 0 rings (SSSR count). The smallest absolute Gasteiger partial charge is 0.411 e. The lowest BCUT2D eigenvalue weighted by molar-refractivity contribution is 0.147. The van der Waals surface area contributed by atoms with Crippen LogP contribution in [0.3, 0.4) is 0 Å². The van der Waals surface area contributed by atoms with Gasteiger partial charge in [0.2, 0.25) is 0 Å². The minimum Gasteiger partial charge on any atom is -0.465 e. The van der Waals surface area contributed by atoms with Gasteiger partial charge in [-0.15, -0.1) is 0 Å². The zero-order valence-electron chi connectivity index (χ0n) is 17.0. The van der Waals surface area contributed by atoms with Crippen molar-refractivity contribution in [3.8, 4) is 0 Å². The topological polar surface area (TPSA) is 81.1 Å². The molecule has 6 nitrogen and oxygen atoms in total. The number of nitrogens with zero attached hydrogens (tertiary/aromatic N) is 2. The molecule has 6 heteroatoms. The maximum atomic E-state index is 11.5. The quantitative estimate of drug-likeness (QED) is 0.402. The number of hydrogen-bond acceptors (Lipinski definition) is 2. The molecule has 2 atom stereocenters. The van der Waals surface area contributed by atoms with Crippen molar-refractivity contribution < 1.29 is 19.8 Å². The Kier molecular flexibility index (Phi) is 13.5. The summed E-state index contributed by atoms with van der Waals surface area (Å²) in [5.41, 5.74) is 0. The summed E-state index contributed by atoms with van der Waals surface area (Å²) in [6, 6.07) is 0. The van der Waals surface area contributed by atoms with Crippen LogP contribution in [0.2, 0.25) is 0 Å². The molecule has 0 bridgehead atoms. The average Bonchev–Trinajstić information content (AvgIpc) is 2.62. The highest BCUT2D eigenvalue weighted by molar-refractivity contribution is 5.68. The Morgan fingerprint density at radius 2 is 1.12 bits per heavy atom. The highest BCUT2D eigenvalue weighted by atomic mass is 16.4. The van der Waals surface area contributed by atoms with Crippen molar-refractivity contribution in [2.45, 2.75) is 79.1 Å². The second-order valence-electron chi connectivity index (χ2n) is 7.00. The van der Waals surface area contributed by atoms with Crippen LogP contribution < -0.4 is 0 Å². The SMILES string of the molecule is CCCCC(CC)CN(/C=C/N(CC(CC)CCCC)C(=O)O)C(=O)O. The van der Waals surface area contributed by atoms with Gasteiger partial charge in [-0.05, 0) is 24.7 Å². The summed E-state index contributed by atoms with van der Waals surface area (Å²) in [7, 11) is 0. The molecule has 0 heterocycles. The molecule has 0 aromatic rings. The lowest BCUT2D eigenvalue weighted by Crippen LogP contribution is -2.33. The molecule has 0 aliphatic carbocycles. The number of unbranched alkanes of at least 4 members (excludes halogenated alkanes) is 2. The third kappa shape index (κ3) is 10.3. The van der Waals surface area contributed by atoms with Gasteiger partial charge in [0.05, 0.1) is 0 Å². The summed E-state index contributed by atoms with van der Waals surface area (Å²) in [6.07, 6.45) is 8.84. The molecule has 0 aromatic heterocycles. The predicted octanol–water partition coefficient (Wildman–Crippen LogP) is 5.85. The first-order valence-electron chi connectivity index (χ1n) is 10.1. The molecule has 0 spiro atoms. The molecule has 2 unspecified atom stereocenters. The van der Waals surface area contributed by atoms with E-state index in [1.165, 1.54) is 22.2 Å². The van der Waals surface area contributed by atoms with Gasteiger partial charge in [0.15, 0.2) is 0 Å². The molecule has 2 amide bonds. The number of carbonyl (C=O) groups is 2. The minimum absolute atomic E-state index is 0.293. The van der Waals surface area contributed by atoms with Crippen LogP contribution in [0.1, 0.15) is 79.1 Å². The van der Waals surface area contributed by atoms with Crippen LogP contribution in [-0.4, -0.2) is 45.3 Å². The summed E-state index contributed by atoms with van der Waals surface area (Å²) in [6.45, 7) is 9.18. The monoisotopic (exact) mass is 370 g/mol. The van der Waals surface area contributed by atoms with E-state index in [0.717, 1.165) is 51.4 Å². The number of hydrogen-bond donors (Lipinski definition) is 2. The van der Waals surface area contributed by atoms with Gasteiger partial charge >= 0.3 is 12.2 Å². The van der Waals surface area contributed by atoms with E-state index in [-0.39, 0.29) is 0 Å². The number of amides is 2. The molecule has 0 fully saturated rings. The van der Waals surface area contributed by atoms with Gasteiger partial charge in [-0.3, -0.25) is 9.80 Å². The first-order chi connectivity index (χ1) is 12.4. The molecule has 2 N–H and O–H groups in total. The van der Waals surface area contributed by atoms with E-state index in [2.05, 4.69) is 27.7 Å². The second kappa shape index (κ2) is 14.4. The standard InChI is InChI=1S/C20H38N2O4/c1-5-9-11-17(7-3)15-21(19(23)24)13-14-22(20(25)26)16-18(8-4)12-10-6-2/h13-14,17-18H,5-12,15-16H2,1-4H3,(H,23,24)(H,25,26)/b14-13+. The molecule has 152 valence electrons. The third-order valence-electron chi connectivity index (χ3n) is 4.91. The van der Waals surface area contributed by atoms with Crippen LogP contribution in [0.5, 0.6) is 0 Å². The Morgan fingerprint density at radius 1 is 0.769 bits per heavy atom. The third-order valence-corrected chi connectivity index (χ3v) is 4.91. The maximum absolute atomic E-state index is 11.5. The van der Waals surface area contributed by atoms with Crippen LogP contribution >= 0.6 is 0 Å². The summed E-state index contributed by atoms with van der Waals surface area (Å²) in [4.78, 5) is 25.5. The van der Waals surface area contributed by atoms with Crippen molar-refractivity contribution in [2.75, 3.05) is 13.1 Å². The highest BCUT2D eigenvalue weighted by Gasteiger charge is 2.18. The van der Waals surface area contributed by atoms with Gasteiger partial charge in [-0.1, -0.05) is 66.2 Å². The van der Waals surface area contributed by atoms with Crippen LogP contribution in [0.25, 0.3) is 0 Å². The van der Waals surface area contributed by atoms with Crippen molar-refractivity contribution in [1.82, 2.24) is 9.80 Å². The fraction of sp³-hybridized carbons (Fsp3) is 0.800. The van der Waals surface area contributed by atoms with E-state index in [1.54, 1.807) is 0 Å². The maximum Gasteiger partial charge on any atom is 0.411 e. The first-order valence-corrected chi connectivity index (χ1v) is 10.1. The lowest BCUT2D eigenvalue weighted by atomic mass is 9.99. The van der Waals surface area contributed by atoms with Crippen molar-refractivity contribution in [2.24, 2.45) is 11.8 Å². The van der Waals surface area contributed by atoms with E-state index in [0.29, 0.717) is 24.9 Å². The molecule has 0 aliphatic heterocycles. The summed E-state index contributed by atoms with van der Waals surface area (Å²) >= 11 is 0. The number of rotatable bonds is 14. The molecule has 0 saturated heterocycles. The fourth-order valence-electron chi connectivity index (χ4n) is 2.96. The minimum atomic E-state index is -1.04. The molecule has 26 heavy (non-hydrogen) atoms. The van der Waals surface area contributed by atoms with E-state index >= 15 is 0 Å². The van der Waals surface area contributed by atoms with Crippen molar-refractivity contribution in [3.05, 3.63) is 12.4 Å². The van der Waals surface area contributed by atoms with Crippen molar-refractivity contribution in [3.63, 3.8) is 0 Å². The normalized spacial score (nSPS) is 13.5. The van der Waals surface area contributed by atoms with Crippen molar-refractivity contribution in [1.29, 1.82) is 0 Å². The van der Waals surface area contributed by atoms with E-state index in [1.807, 2.05) is 0 Å². The van der Waals surface area contributed by atoms with E-state index < -0.39 is 12.2 Å². The molecule has 0 aliphatic rings. The Labute approximate surface area is 158 Å². The van der Waals surface area contributed by atoms with Gasteiger partial charge in [0.1, 0.15) is 0 Å². The van der Waals surface area contributed by atoms with Gasteiger partial charge in [0, 0.05) is 25.5 Å². The second-order valence-corrected chi connectivity index (χ2v) is 7.00. The Morgan fingerprint density at radius 3 is 1.35 bits per heavy atom. The van der Waals surface area contributed by atoms with E-state index in [9.17, 15) is 19.8 Å². The van der Waals surface area contributed by atoms with Gasteiger partial charge in [-0.25, -0.2) is 9.59 Å². The number of carboxylic acid groups (broad SMARTS) is 2. The molecule has 0 saturated carbocycles. The Bertz CT molecular complexity index is 388. The summed E-state index contributed by atoms with van der Waals surface area (Å²) in [5, 5.41) is 18.9. The van der Waals surface area contributed by atoms with Crippen LogP contribution in [0.15, 0.2) is 12.4 Å². The van der Waals surface area contributed by atoms with E-state index in [4.69, 9.17) is 0 Å². The zero-order valence-corrected chi connectivity index (χ0v) is 17.0. The largest absolute Gasteiger partial charge is 0.465 e. The fourth-order valence-corrected chi connectivity index (χ4v) is 2.96. The van der Waals surface area contributed by atoms with Gasteiger partial charge in [0.25, 0.3) is 0 Å². The van der Waals surface area contributed by atoms with Crippen LogP contribution in [-0.2, 0) is 0 Å². The van der Waals surface area contributed by atoms with Crippen LogP contribution in [0.4, 0.5) is 9.59 Å². The molecular weight excluding hydrogens is 332 g/mol. The molecule has 0 aromatic carbocycles. The highest BCUT2D eigenvalue weighted by Crippen LogP contribution is 2.17. The van der Waals surface area contributed by atoms with Gasteiger partial charge < -0.3 is 10.2 Å². The zero-order chi connectivity index (χ0) is 19.9. The molecule has 0 radical (unpaired) electrons.